The van der Waals surface area contributed by atoms with Crippen LogP contribution in [0, 0.1) is 11.6 Å². The van der Waals surface area contributed by atoms with Gasteiger partial charge in [-0.25, -0.2) is 13.6 Å². The third-order valence-corrected chi connectivity index (χ3v) is 4.61. The molecule has 0 bridgehead atoms. The summed E-state index contributed by atoms with van der Waals surface area (Å²) in [6.45, 7) is -0.226. The summed E-state index contributed by atoms with van der Waals surface area (Å²) < 4.78 is 31.9. The summed E-state index contributed by atoms with van der Waals surface area (Å²) in [4.78, 5) is 12.6. The molecule has 0 fully saturated rings. The zero-order valence-corrected chi connectivity index (χ0v) is 15.1. The molecule has 0 amide bonds. The lowest BCUT2D eigenvalue weighted by Gasteiger charge is -2.05. The van der Waals surface area contributed by atoms with Crippen molar-refractivity contribution in [3.05, 3.63) is 100.0 Å². The summed E-state index contributed by atoms with van der Waals surface area (Å²) in [7, 11) is 1.88. The summed E-state index contributed by atoms with van der Waals surface area (Å²) in [6.07, 6.45) is 3.73. The highest BCUT2D eigenvalue weighted by Gasteiger charge is 2.13. The first-order chi connectivity index (χ1) is 13.5. The van der Waals surface area contributed by atoms with E-state index >= 15 is 0 Å². The molecule has 0 spiro atoms. The molecule has 4 rings (SSSR count). The Balaban J connectivity index is 1.57. The molecule has 2 heterocycles. The summed E-state index contributed by atoms with van der Waals surface area (Å²) in [5, 5.41) is 8.21. The van der Waals surface area contributed by atoms with E-state index < -0.39 is 17.3 Å². The lowest BCUT2D eigenvalue weighted by Crippen LogP contribution is -2.24. The van der Waals surface area contributed by atoms with E-state index in [0.29, 0.717) is 12.1 Å². The standard InChI is InChI=1S/C20H17F2N5O/c1-25-16(9-10-23-25)11-14-5-7-15(8-6-14)27-20(28)26(13-24-27)12-17-18(21)3-2-4-19(17)22/h2-10,13H,11-12H2,1H3. The van der Waals surface area contributed by atoms with Crippen LogP contribution in [-0.4, -0.2) is 24.1 Å². The van der Waals surface area contributed by atoms with E-state index in [9.17, 15) is 13.6 Å². The quantitative estimate of drug-likeness (QED) is 0.534. The van der Waals surface area contributed by atoms with Gasteiger partial charge in [0.25, 0.3) is 0 Å². The maximum absolute atomic E-state index is 13.8. The van der Waals surface area contributed by atoms with E-state index in [0.717, 1.165) is 23.4 Å². The van der Waals surface area contributed by atoms with E-state index in [1.807, 2.05) is 29.9 Å². The maximum atomic E-state index is 13.8. The van der Waals surface area contributed by atoms with Gasteiger partial charge in [0.15, 0.2) is 0 Å². The number of hydrogen-bond donors (Lipinski definition) is 0. The van der Waals surface area contributed by atoms with Gasteiger partial charge in [0.2, 0.25) is 0 Å². The zero-order chi connectivity index (χ0) is 19.7. The van der Waals surface area contributed by atoms with Crippen molar-refractivity contribution < 1.29 is 8.78 Å². The van der Waals surface area contributed by atoms with Crippen molar-refractivity contribution in [2.45, 2.75) is 13.0 Å². The monoisotopic (exact) mass is 381 g/mol. The summed E-state index contributed by atoms with van der Waals surface area (Å²) in [5.41, 5.74) is 2.07. The normalized spacial score (nSPS) is 11.1. The fourth-order valence-corrected chi connectivity index (χ4v) is 3.01. The molecule has 0 saturated carbocycles. The van der Waals surface area contributed by atoms with Crippen molar-refractivity contribution in [2.75, 3.05) is 0 Å². The van der Waals surface area contributed by atoms with Crippen molar-refractivity contribution in [3.8, 4) is 5.69 Å². The van der Waals surface area contributed by atoms with Crippen molar-refractivity contribution in [1.82, 2.24) is 24.1 Å². The average Bonchev–Trinajstić information content (AvgIpc) is 3.25. The molecule has 0 aliphatic heterocycles. The second-order valence-corrected chi connectivity index (χ2v) is 6.44. The first kappa shape index (κ1) is 17.8. The van der Waals surface area contributed by atoms with Gasteiger partial charge >= 0.3 is 5.69 Å². The van der Waals surface area contributed by atoms with Crippen LogP contribution in [0.5, 0.6) is 0 Å². The summed E-state index contributed by atoms with van der Waals surface area (Å²) >= 11 is 0. The SMILES string of the molecule is Cn1nccc1Cc1ccc(-n2ncn(Cc3c(F)cccc3F)c2=O)cc1. The Morgan fingerprint density at radius 1 is 0.964 bits per heavy atom. The number of nitrogens with zero attached hydrogens (tertiary/aromatic N) is 5. The van der Waals surface area contributed by atoms with Gasteiger partial charge in [0, 0.05) is 30.9 Å². The third-order valence-electron chi connectivity index (χ3n) is 4.61. The molecule has 2 aromatic heterocycles. The minimum Gasteiger partial charge on any atom is -0.276 e. The Morgan fingerprint density at radius 3 is 2.32 bits per heavy atom. The smallest absolute Gasteiger partial charge is 0.276 e. The molecule has 0 aliphatic carbocycles. The number of hydrogen-bond acceptors (Lipinski definition) is 3. The predicted octanol–water partition coefficient (Wildman–Crippen LogP) is 2.68. The van der Waals surface area contributed by atoms with E-state index in [4.69, 9.17) is 0 Å². The first-order valence-electron chi connectivity index (χ1n) is 8.66. The zero-order valence-electron chi connectivity index (χ0n) is 15.1. The lowest BCUT2D eigenvalue weighted by atomic mass is 10.1. The van der Waals surface area contributed by atoms with Crippen LogP contribution in [0.2, 0.25) is 0 Å². The molecule has 0 atom stereocenters. The van der Waals surface area contributed by atoms with Crippen molar-refractivity contribution >= 4 is 0 Å². The van der Waals surface area contributed by atoms with Gasteiger partial charge < -0.3 is 0 Å². The number of halogens is 2. The molecule has 0 aliphatic rings. The van der Waals surface area contributed by atoms with Crippen LogP contribution in [-0.2, 0) is 20.0 Å². The fraction of sp³-hybridized carbons (Fsp3) is 0.150. The molecule has 0 radical (unpaired) electrons. The second-order valence-electron chi connectivity index (χ2n) is 6.44. The van der Waals surface area contributed by atoms with Gasteiger partial charge in [-0.15, -0.1) is 0 Å². The van der Waals surface area contributed by atoms with Gasteiger partial charge in [-0.05, 0) is 35.9 Å². The number of aromatic nitrogens is 5. The fourth-order valence-electron chi connectivity index (χ4n) is 3.01. The van der Waals surface area contributed by atoms with Crippen LogP contribution in [0.1, 0.15) is 16.8 Å². The molecule has 0 unspecified atom stereocenters. The largest absolute Gasteiger partial charge is 0.350 e. The Hall–Kier alpha value is -3.55. The molecular weight excluding hydrogens is 364 g/mol. The Kier molecular flexibility index (Phi) is 4.60. The van der Waals surface area contributed by atoms with E-state index in [1.54, 1.807) is 18.3 Å². The average molecular weight is 381 g/mol. The number of benzene rings is 2. The van der Waals surface area contributed by atoms with Gasteiger partial charge in [0.1, 0.15) is 18.0 Å². The van der Waals surface area contributed by atoms with Gasteiger partial charge in [-0.1, -0.05) is 18.2 Å². The highest BCUT2D eigenvalue weighted by Crippen LogP contribution is 2.14. The van der Waals surface area contributed by atoms with E-state index in [2.05, 4.69) is 10.2 Å². The Labute approximate surface area is 159 Å². The first-order valence-corrected chi connectivity index (χ1v) is 8.66. The van der Waals surface area contributed by atoms with Crippen LogP contribution in [0.4, 0.5) is 8.78 Å². The van der Waals surface area contributed by atoms with Crippen molar-refractivity contribution in [3.63, 3.8) is 0 Å². The highest BCUT2D eigenvalue weighted by molar-refractivity contribution is 5.35. The lowest BCUT2D eigenvalue weighted by molar-refractivity contribution is 0.541. The van der Waals surface area contributed by atoms with Crippen LogP contribution in [0.15, 0.2) is 65.8 Å². The van der Waals surface area contributed by atoms with E-state index in [1.165, 1.54) is 21.6 Å². The molecule has 0 saturated heterocycles. The van der Waals surface area contributed by atoms with Crippen molar-refractivity contribution in [2.24, 2.45) is 7.05 Å². The number of aryl methyl sites for hydroxylation is 1. The number of rotatable bonds is 5. The van der Waals surface area contributed by atoms with Gasteiger partial charge in [-0.2, -0.15) is 14.9 Å². The summed E-state index contributed by atoms with van der Waals surface area (Å²) in [5.74, 6) is -1.39. The van der Waals surface area contributed by atoms with Crippen LogP contribution >= 0.6 is 0 Å². The molecule has 142 valence electrons. The second kappa shape index (κ2) is 7.22. The van der Waals surface area contributed by atoms with Crippen LogP contribution in [0.25, 0.3) is 5.69 Å². The maximum Gasteiger partial charge on any atom is 0.350 e. The minimum atomic E-state index is -0.695. The van der Waals surface area contributed by atoms with Crippen LogP contribution < -0.4 is 5.69 Å². The Morgan fingerprint density at radius 2 is 1.68 bits per heavy atom. The van der Waals surface area contributed by atoms with Crippen molar-refractivity contribution in [1.29, 1.82) is 0 Å². The molecule has 2 aromatic carbocycles. The molecule has 28 heavy (non-hydrogen) atoms. The van der Waals surface area contributed by atoms with Gasteiger partial charge in [-0.3, -0.25) is 9.25 Å². The minimum absolute atomic E-state index is 0.171. The molecule has 4 aromatic rings. The van der Waals surface area contributed by atoms with Crippen LogP contribution in [0.3, 0.4) is 0 Å². The summed E-state index contributed by atoms with van der Waals surface area (Å²) in [6, 6.07) is 12.9. The topological polar surface area (TPSA) is 57.6 Å². The Bertz CT molecular complexity index is 1150. The molecular formula is C20H17F2N5O. The predicted molar refractivity (Wildman–Crippen MR) is 99.3 cm³/mol. The van der Waals surface area contributed by atoms with Gasteiger partial charge in [0.05, 0.1) is 12.2 Å². The van der Waals surface area contributed by atoms with E-state index in [-0.39, 0.29) is 12.1 Å². The molecule has 0 N–H and O–H groups in total. The third kappa shape index (κ3) is 3.36. The molecule has 8 heteroatoms. The molecule has 6 nitrogen and oxygen atoms in total. The highest BCUT2D eigenvalue weighted by atomic mass is 19.1.